The van der Waals surface area contributed by atoms with E-state index in [0.29, 0.717) is 12.5 Å². The van der Waals surface area contributed by atoms with Crippen LogP contribution in [0.3, 0.4) is 0 Å². The number of rotatable bonds is 4. The minimum Gasteiger partial charge on any atom is -0.377 e. The van der Waals surface area contributed by atoms with Crippen molar-refractivity contribution in [3.63, 3.8) is 0 Å². The van der Waals surface area contributed by atoms with Crippen LogP contribution in [-0.4, -0.2) is 35.2 Å². The normalized spacial score (nSPS) is 15.7. The SMILES string of the molecule is COCc1nc(C)cc(N2CCC(c3c(C)[nH]c4ccccc34)CC2)n1. The summed E-state index contributed by atoms with van der Waals surface area (Å²) in [7, 11) is 1.68. The molecule has 0 unspecified atom stereocenters. The fourth-order valence-corrected chi connectivity index (χ4v) is 4.19. The highest BCUT2D eigenvalue weighted by atomic mass is 16.5. The van der Waals surface area contributed by atoms with Crippen LogP contribution in [0, 0.1) is 13.8 Å². The van der Waals surface area contributed by atoms with Crippen LogP contribution in [0.1, 0.15) is 41.5 Å². The van der Waals surface area contributed by atoms with Crippen LogP contribution in [0.2, 0.25) is 0 Å². The van der Waals surface area contributed by atoms with Crippen molar-refractivity contribution in [3.8, 4) is 0 Å². The molecule has 1 saturated heterocycles. The Morgan fingerprint density at radius 3 is 2.69 bits per heavy atom. The van der Waals surface area contributed by atoms with E-state index in [1.54, 1.807) is 7.11 Å². The van der Waals surface area contributed by atoms with Gasteiger partial charge in [-0.05, 0) is 44.2 Å². The zero-order valence-corrected chi connectivity index (χ0v) is 15.7. The van der Waals surface area contributed by atoms with Crippen LogP contribution in [-0.2, 0) is 11.3 Å². The van der Waals surface area contributed by atoms with Gasteiger partial charge in [0.1, 0.15) is 12.4 Å². The van der Waals surface area contributed by atoms with Crippen LogP contribution in [0.15, 0.2) is 30.3 Å². The average molecular weight is 350 g/mol. The first kappa shape index (κ1) is 17.0. The van der Waals surface area contributed by atoms with Crippen molar-refractivity contribution in [1.29, 1.82) is 0 Å². The first-order valence-corrected chi connectivity index (χ1v) is 9.31. The summed E-state index contributed by atoms with van der Waals surface area (Å²) in [6, 6.07) is 10.7. The highest BCUT2D eigenvalue weighted by molar-refractivity contribution is 5.85. The largest absolute Gasteiger partial charge is 0.377 e. The van der Waals surface area contributed by atoms with Crippen molar-refractivity contribution in [2.75, 3.05) is 25.1 Å². The summed E-state index contributed by atoms with van der Waals surface area (Å²) >= 11 is 0. The predicted molar refractivity (Wildman–Crippen MR) is 105 cm³/mol. The number of ether oxygens (including phenoxy) is 1. The molecule has 2 aromatic heterocycles. The zero-order valence-electron chi connectivity index (χ0n) is 15.7. The second-order valence-electron chi connectivity index (χ2n) is 7.19. The second-order valence-corrected chi connectivity index (χ2v) is 7.19. The molecule has 0 aliphatic carbocycles. The Bertz CT molecular complexity index is 910. The van der Waals surface area contributed by atoms with Gasteiger partial charge in [0.2, 0.25) is 0 Å². The summed E-state index contributed by atoms with van der Waals surface area (Å²) in [6.45, 7) is 6.72. The van der Waals surface area contributed by atoms with Gasteiger partial charge in [0.05, 0.1) is 0 Å². The molecule has 26 heavy (non-hydrogen) atoms. The maximum atomic E-state index is 5.20. The average Bonchev–Trinajstić information content (AvgIpc) is 2.97. The third-order valence-electron chi connectivity index (χ3n) is 5.33. The molecule has 0 spiro atoms. The summed E-state index contributed by atoms with van der Waals surface area (Å²) in [5, 5.41) is 1.38. The second kappa shape index (κ2) is 7.08. The van der Waals surface area contributed by atoms with Crippen molar-refractivity contribution < 1.29 is 4.74 Å². The van der Waals surface area contributed by atoms with E-state index in [4.69, 9.17) is 4.74 Å². The summed E-state index contributed by atoms with van der Waals surface area (Å²) in [6.07, 6.45) is 2.29. The van der Waals surface area contributed by atoms with Crippen molar-refractivity contribution >= 4 is 16.7 Å². The fourth-order valence-electron chi connectivity index (χ4n) is 4.19. The molecule has 1 N–H and O–H groups in total. The number of piperidine rings is 1. The first-order chi connectivity index (χ1) is 12.7. The number of aryl methyl sites for hydroxylation is 2. The fraction of sp³-hybridized carbons (Fsp3) is 0.429. The lowest BCUT2D eigenvalue weighted by atomic mass is 9.87. The Hall–Kier alpha value is -2.40. The van der Waals surface area contributed by atoms with Gasteiger partial charge in [0.25, 0.3) is 0 Å². The number of aromatic amines is 1. The molecule has 3 aromatic rings. The Morgan fingerprint density at radius 2 is 1.92 bits per heavy atom. The van der Waals surface area contributed by atoms with Gasteiger partial charge in [-0.2, -0.15) is 0 Å². The summed E-state index contributed by atoms with van der Waals surface area (Å²) in [5.41, 5.74) is 5.05. The van der Waals surface area contributed by atoms with Crippen molar-refractivity contribution in [3.05, 3.63) is 53.1 Å². The lowest BCUT2D eigenvalue weighted by Gasteiger charge is -2.33. The van der Waals surface area contributed by atoms with Crippen LogP contribution < -0.4 is 4.90 Å². The summed E-state index contributed by atoms with van der Waals surface area (Å²) in [5.74, 6) is 2.39. The summed E-state index contributed by atoms with van der Waals surface area (Å²) < 4.78 is 5.20. The number of benzene rings is 1. The molecule has 0 amide bonds. The predicted octanol–water partition coefficient (Wildman–Crippen LogP) is 4.11. The Morgan fingerprint density at radius 1 is 1.15 bits per heavy atom. The molecule has 0 bridgehead atoms. The molecule has 3 heterocycles. The van der Waals surface area contributed by atoms with Gasteiger partial charge < -0.3 is 14.6 Å². The van der Waals surface area contributed by atoms with E-state index in [2.05, 4.69) is 57.1 Å². The molecular formula is C21H26N4O. The van der Waals surface area contributed by atoms with E-state index < -0.39 is 0 Å². The van der Waals surface area contributed by atoms with Gasteiger partial charge in [-0.3, -0.25) is 0 Å². The van der Waals surface area contributed by atoms with E-state index in [1.807, 2.05) is 6.92 Å². The molecule has 4 rings (SSSR count). The number of para-hydroxylation sites is 1. The van der Waals surface area contributed by atoms with E-state index in [-0.39, 0.29) is 0 Å². The lowest BCUT2D eigenvalue weighted by molar-refractivity contribution is 0.177. The molecule has 1 aliphatic heterocycles. The van der Waals surface area contributed by atoms with Gasteiger partial charge in [-0.15, -0.1) is 0 Å². The molecular weight excluding hydrogens is 324 g/mol. The highest BCUT2D eigenvalue weighted by Gasteiger charge is 2.25. The molecule has 0 atom stereocenters. The number of hydrogen-bond donors (Lipinski definition) is 1. The Labute approximate surface area is 154 Å². The molecule has 0 saturated carbocycles. The molecule has 0 radical (unpaired) electrons. The van der Waals surface area contributed by atoms with Gasteiger partial charge >= 0.3 is 0 Å². The number of methoxy groups -OCH3 is 1. The molecule has 136 valence electrons. The molecule has 1 fully saturated rings. The zero-order chi connectivity index (χ0) is 18.1. The molecule has 1 aliphatic rings. The van der Waals surface area contributed by atoms with Crippen LogP contribution in [0.4, 0.5) is 5.82 Å². The monoisotopic (exact) mass is 350 g/mol. The number of anilines is 1. The number of nitrogens with one attached hydrogen (secondary N) is 1. The highest BCUT2D eigenvalue weighted by Crippen LogP contribution is 2.36. The van der Waals surface area contributed by atoms with Gasteiger partial charge in [-0.25, -0.2) is 9.97 Å². The third kappa shape index (κ3) is 3.19. The van der Waals surface area contributed by atoms with Crippen LogP contribution in [0.25, 0.3) is 10.9 Å². The van der Waals surface area contributed by atoms with Crippen molar-refractivity contribution in [1.82, 2.24) is 15.0 Å². The minimum atomic E-state index is 0.458. The molecule has 1 aromatic carbocycles. The quantitative estimate of drug-likeness (QED) is 0.769. The number of hydrogen-bond acceptors (Lipinski definition) is 4. The smallest absolute Gasteiger partial charge is 0.156 e. The van der Waals surface area contributed by atoms with Gasteiger partial charge in [0, 0.05) is 48.6 Å². The molecule has 5 nitrogen and oxygen atoms in total. The maximum Gasteiger partial charge on any atom is 0.156 e. The topological polar surface area (TPSA) is 54.0 Å². The minimum absolute atomic E-state index is 0.458. The molecule has 5 heteroatoms. The third-order valence-corrected chi connectivity index (χ3v) is 5.33. The summed E-state index contributed by atoms with van der Waals surface area (Å²) in [4.78, 5) is 15.1. The van der Waals surface area contributed by atoms with Crippen molar-refractivity contribution in [2.24, 2.45) is 0 Å². The van der Waals surface area contributed by atoms with E-state index in [0.717, 1.165) is 43.3 Å². The standard InChI is InChI=1S/C21H26N4O/c1-14-12-20(24-19(22-14)13-26-3)25-10-8-16(9-11-25)21-15(2)23-18-7-5-4-6-17(18)21/h4-7,12,16,23H,8-11,13H2,1-3H3. The van der Waals surface area contributed by atoms with E-state index >= 15 is 0 Å². The number of aromatic nitrogens is 3. The van der Waals surface area contributed by atoms with Gasteiger partial charge in [-0.1, -0.05) is 18.2 Å². The lowest BCUT2D eigenvalue weighted by Crippen LogP contribution is -2.34. The number of nitrogens with zero attached hydrogens (tertiary/aromatic N) is 3. The van der Waals surface area contributed by atoms with Crippen LogP contribution in [0.5, 0.6) is 0 Å². The number of H-pyrrole nitrogens is 1. The van der Waals surface area contributed by atoms with E-state index in [9.17, 15) is 0 Å². The van der Waals surface area contributed by atoms with Crippen molar-refractivity contribution in [2.45, 2.75) is 39.2 Å². The van der Waals surface area contributed by atoms with E-state index in [1.165, 1.54) is 22.2 Å². The Kier molecular flexibility index (Phi) is 4.64. The Balaban J connectivity index is 1.53. The number of fused-ring (bicyclic) bond motifs is 1. The first-order valence-electron chi connectivity index (χ1n) is 9.31. The maximum absolute atomic E-state index is 5.20. The van der Waals surface area contributed by atoms with Gasteiger partial charge in [0.15, 0.2) is 5.82 Å². The van der Waals surface area contributed by atoms with Crippen LogP contribution >= 0.6 is 0 Å².